The van der Waals surface area contributed by atoms with Gasteiger partial charge in [0.05, 0.1) is 10.1 Å². The van der Waals surface area contributed by atoms with Crippen LogP contribution in [0.2, 0.25) is 5.02 Å². The van der Waals surface area contributed by atoms with Crippen molar-refractivity contribution in [2.75, 3.05) is 0 Å². The molecule has 0 N–H and O–H groups in total. The molecule has 146 valence electrons. The van der Waals surface area contributed by atoms with Crippen LogP contribution >= 0.6 is 23.2 Å². The van der Waals surface area contributed by atoms with Gasteiger partial charge in [-0.25, -0.2) is 8.78 Å². The summed E-state index contributed by atoms with van der Waals surface area (Å²) >= 11 is 11.1. The van der Waals surface area contributed by atoms with Gasteiger partial charge in [-0.1, -0.05) is 64.7 Å². The molecule has 0 spiro atoms. The maximum Gasteiger partial charge on any atom is 0.142 e. The Kier molecular flexibility index (Phi) is 9.76. The molecule has 3 rings (SSSR count). The Hall–Kier alpha value is -1.64. The molecule has 0 unspecified atom stereocenters. The smallest absolute Gasteiger partial charge is 0.142 e. The average Bonchev–Trinajstić information content (AvgIpc) is 2.62. The van der Waals surface area contributed by atoms with E-state index in [0.717, 1.165) is 24.0 Å². The number of allylic oxidation sites excluding steroid dienone is 4. The molecule has 0 fully saturated rings. The second-order valence-electron chi connectivity index (χ2n) is 6.64. The first kappa shape index (κ1) is 23.4. The summed E-state index contributed by atoms with van der Waals surface area (Å²) in [6.45, 7) is 10.0. The monoisotopic (exact) mass is 410 g/mol. The molecular formula is C23H26Cl2F2. The molecule has 2 aromatic carbocycles. The van der Waals surface area contributed by atoms with E-state index in [1.54, 1.807) is 19.1 Å². The molecule has 0 saturated carbocycles. The van der Waals surface area contributed by atoms with Gasteiger partial charge in [-0.15, -0.1) is 0 Å². The highest BCUT2D eigenvalue weighted by atomic mass is 35.5. The lowest BCUT2D eigenvalue weighted by Gasteiger charge is -2.07. The van der Waals surface area contributed by atoms with Crippen LogP contribution in [-0.2, 0) is 0 Å². The predicted molar refractivity (Wildman–Crippen MR) is 114 cm³/mol. The van der Waals surface area contributed by atoms with Crippen molar-refractivity contribution in [3.8, 4) is 0 Å². The molecule has 0 nitrogen and oxygen atoms in total. The standard InChI is InChI=1S/C9H12.C7H8ClF.C7H6ClF/c1-7-4-5-8(2)9(3)6-7;2*1-5-3-2-4-6(9)7(5)8/h4-6H,1-3H3;4H,2-3H2,1H3;2-4H,1H3. The third kappa shape index (κ3) is 7.86. The Labute approximate surface area is 171 Å². The van der Waals surface area contributed by atoms with E-state index in [2.05, 4.69) is 39.0 Å². The molecular weight excluding hydrogens is 385 g/mol. The Bertz CT molecular complexity index is 816. The minimum absolute atomic E-state index is 0.220. The van der Waals surface area contributed by atoms with E-state index < -0.39 is 0 Å². The van der Waals surface area contributed by atoms with Crippen molar-refractivity contribution in [2.45, 2.75) is 47.5 Å². The quantitative estimate of drug-likeness (QED) is 0.407. The molecule has 4 heteroatoms. The molecule has 1 aliphatic carbocycles. The van der Waals surface area contributed by atoms with Crippen molar-refractivity contribution in [1.29, 1.82) is 0 Å². The summed E-state index contributed by atoms with van der Waals surface area (Å²) in [5.74, 6) is -0.614. The zero-order valence-electron chi connectivity index (χ0n) is 16.5. The third-order valence-electron chi connectivity index (χ3n) is 4.23. The molecule has 0 bridgehead atoms. The number of halogens is 4. The average molecular weight is 411 g/mol. The molecule has 0 saturated heterocycles. The zero-order chi connectivity index (χ0) is 20.6. The first-order valence-electron chi connectivity index (χ1n) is 8.79. The second-order valence-corrected chi connectivity index (χ2v) is 7.40. The first-order valence-corrected chi connectivity index (χ1v) is 9.54. The van der Waals surface area contributed by atoms with Crippen molar-refractivity contribution in [2.24, 2.45) is 0 Å². The summed E-state index contributed by atoms with van der Waals surface area (Å²) in [5.41, 5.74) is 5.84. The highest BCUT2D eigenvalue weighted by Gasteiger charge is 2.09. The highest BCUT2D eigenvalue weighted by molar-refractivity contribution is 6.32. The number of rotatable bonds is 0. The molecule has 0 heterocycles. The number of benzene rings is 2. The Morgan fingerprint density at radius 2 is 1.48 bits per heavy atom. The summed E-state index contributed by atoms with van der Waals surface area (Å²) in [6.07, 6.45) is 3.20. The largest absolute Gasteiger partial charge is 0.206 e. The van der Waals surface area contributed by atoms with Gasteiger partial charge in [-0.05, 0) is 76.3 Å². The summed E-state index contributed by atoms with van der Waals surface area (Å²) < 4.78 is 24.9. The van der Waals surface area contributed by atoms with E-state index in [1.165, 1.54) is 28.8 Å². The summed E-state index contributed by atoms with van der Waals surface area (Å²) in [6, 6.07) is 11.2. The maximum atomic E-state index is 12.5. The van der Waals surface area contributed by atoms with Crippen LogP contribution in [0.4, 0.5) is 8.78 Å². The predicted octanol–water partition coefficient (Wildman–Crippen LogP) is 8.55. The van der Waals surface area contributed by atoms with Crippen LogP contribution in [-0.4, -0.2) is 0 Å². The number of hydrogen-bond acceptors (Lipinski definition) is 0. The van der Waals surface area contributed by atoms with Gasteiger partial charge in [0.1, 0.15) is 11.6 Å². The molecule has 0 atom stereocenters. The van der Waals surface area contributed by atoms with Crippen LogP contribution in [0.1, 0.15) is 42.0 Å². The first-order chi connectivity index (χ1) is 12.6. The molecule has 1 aliphatic rings. The lowest BCUT2D eigenvalue weighted by Crippen LogP contribution is -1.89. The van der Waals surface area contributed by atoms with Crippen LogP contribution in [0.15, 0.2) is 58.9 Å². The van der Waals surface area contributed by atoms with Crippen molar-refractivity contribution < 1.29 is 8.78 Å². The van der Waals surface area contributed by atoms with E-state index >= 15 is 0 Å². The molecule has 0 aliphatic heterocycles. The van der Waals surface area contributed by atoms with E-state index in [9.17, 15) is 8.78 Å². The van der Waals surface area contributed by atoms with Gasteiger partial charge in [-0.3, -0.25) is 0 Å². The van der Waals surface area contributed by atoms with Gasteiger partial charge in [0, 0.05) is 0 Å². The molecule has 0 amide bonds. The van der Waals surface area contributed by atoms with Crippen molar-refractivity contribution in [3.63, 3.8) is 0 Å². The number of aryl methyl sites for hydroxylation is 4. The van der Waals surface area contributed by atoms with Crippen LogP contribution in [0, 0.1) is 33.5 Å². The Morgan fingerprint density at radius 3 is 1.93 bits per heavy atom. The fourth-order valence-corrected chi connectivity index (χ4v) is 2.62. The molecule has 2 aromatic rings. The van der Waals surface area contributed by atoms with E-state index in [1.807, 2.05) is 6.92 Å². The SMILES string of the molecule is CC1=C(Cl)C(F)=CCC1.Cc1ccc(C)c(C)c1.Cc1cccc(F)c1Cl. The lowest BCUT2D eigenvalue weighted by atomic mass is 10.1. The van der Waals surface area contributed by atoms with Gasteiger partial charge in [0.15, 0.2) is 0 Å². The Balaban J connectivity index is 0.000000202. The Morgan fingerprint density at radius 1 is 0.815 bits per heavy atom. The van der Waals surface area contributed by atoms with Gasteiger partial charge in [-0.2, -0.15) is 0 Å². The number of hydrogen-bond donors (Lipinski definition) is 0. The van der Waals surface area contributed by atoms with E-state index in [4.69, 9.17) is 23.2 Å². The van der Waals surface area contributed by atoms with Crippen molar-refractivity contribution >= 4 is 23.2 Å². The van der Waals surface area contributed by atoms with Gasteiger partial charge in [0.2, 0.25) is 0 Å². The third-order valence-corrected chi connectivity index (χ3v) is 5.22. The van der Waals surface area contributed by atoms with Crippen LogP contribution in [0.5, 0.6) is 0 Å². The summed E-state index contributed by atoms with van der Waals surface area (Å²) in [7, 11) is 0. The topological polar surface area (TPSA) is 0 Å². The summed E-state index contributed by atoms with van der Waals surface area (Å²) in [5, 5.41) is 0.527. The maximum absolute atomic E-state index is 12.5. The lowest BCUT2D eigenvalue weighted by molar-refractivity contribution is 0.627. The van der Waals surface area contributed by atoms with Gasteiger partial charge in [0.25, 0.3) is 0 Å². The van der Waals surface area contributed by atoms with Crippen LogP contribution in [0.3, 0.4) is 0 Å². The molecule has 0 radical (unpaired) electrons. The second kappa shape index (κ2) is 11.3. The summed E-state index contributed by atoms with van der Waals surface area (Å²) in [4.78, 5) is 0. The fourth-order valence-electron chi connectivity index (χ4n) is 2.32. The van der Waals surface area contributed by atoms with Crippen LogP contribution < -0.4 is 0 Å². The van der Waals surface area contributed by atoms with Crippen molar-refractivity contribution in [3.05, 3.63) is 92.0 Å². The van der Waals surface area contributed by atoms with Crippen molar-refractivity contribution in [1.82, 2.24) is 0 Å². The van der Waals surface area contributed by atoms with Crippen LogP contribution in [0.25, 0.3) is 0 Å². The van der Waals surface area contributed by atoms with Gasteiger partial charge < -0.3 is 0 Å². The van der Waals surface area contributed by atoms with E-state index in [0.29, 0.717) is 5.03 Å². The minimum atomic E-state index is -0.350. The van der Waals surface area contributed by atoms with Gasteiger partial charge >= 0.3 is 0 Å². The zero-order valence-corrected chi connectivity index (χ0v) is 18.0. The molecule has 27 heavy (non-hydrogen) atoms. The van der Waals surface area contributed by atoms with E-state index in [-0.39, 0.29) is 16.7 Å². The highest BCUT2D eigenvalue weighted by Crippen LogP contribution is 2.28. The minimum Gasteiger partial charge on any atom is -0.206 e. The normalized spacial score (nSPS) is 13.1. The molecule has 0 aromatic heterocycles. The fraction of sp³-hybridized carbons (Fsp3) is 0.304.